The van der Waals surface area contributed by atoms with Crippen molar-refractivity contribution >= 4 is 18.1 Å². The van der Waals surface area contributed by atoms with Crippen LogP contribution in [0.25, 0.3) is 0 Å². The lowest BCUT2D eigenvalue weighted by Crippen LogP contribution is -2.17. The van der Waals surface area contributed by atoms with Crippen molar-refractivity contribution < 1.29 is 14.3 Å². The smallest absolute Gasteiger partial charge is 0.338 e. The molecule has 2 rings (SSSR count). The third-order valence-corrected chi connectivity index (χ3v) is 2.68. The normalized spacial score (nSPS) is 10.3. The molecule has 1 aromatic heterocycles. The second-order valence-corrected chi connectivity index (χ2v) is 4.01. The van der Waals surface area contributed by atoms with Crippen molar-refractivity contribution in [3.8, 4) is 0 Å². The van der Waals surface area contributed by atoms with E-state index in [1.54, 1.807) is 36.4 Å². The fraction of sp³-hybridized carbons (Fsp3) is 0.0667. The van der Waals surface area contributed by atoms with Crippen LogP contribution in [0.4, 0.5) is 0 Å². The van der Waals surface area contributed by atoms with Crippen LogP contribution in [0.2, 0.25) is 0 Å². The summed E-state index contributed by atoms with van der Waals surface area (Å²) in [5.74, 6) is -0.818. The van der Waals surface area contributed by atoms with Crippen molar-refractivity contribution in [3.05, 3.63) is 65.5 Å². The molecule has 0 spiro atoms. The zero-order chi connectivity index (χ0) is 15.1. The Morgan fingerprint density at radius 3 is 2.62 bits per heavy atom. The van der Waals surface area contributed by atoms with Gasteiger partial charge in [-0.1, -0.05) is 18.2 Å². The number of amides is 1. The molecule has 0 bridgehead atoms. The summed E-state index contributed by atoms with van der Waals surface area (Å²) in [6.07, 6.45) is 4.43. The molecule has 0 aliphatic heterocycles. The van der Waals surface area contributed by atoms with Crippen molar-refractivity contribution in [2.24, 2.45) is 5.10 Å². The largest absolute Gasteiger partial charge is 0.465 e. The van der Waals surface area contributed by atoms with Crippen LogP contribution in [0.3, 0.4) is 0 Å². The molecule has 6 heteroatoms. The van der Waals surface area contributed by atoms with Gasteiger partial charge in [0.05, 0.1) is 18.9 Å². The summed E-state index contributed by atoms with van der Waals surface area (Å²) in [5, 5.41) is 3.84. The molecule has 21 heavy (non-hydrogen) atoms. The van der Waals surface area contributed by atoms with Gasteiger partial charge in [0.1, 0.15) is 0 Å². The molecule has 1 amide bonds. The topological polar surface area (TPSA) is 80.6 Å². The molecule has 0 radical (unpaired) electrons. The molecule has 0 saturated carbocycles. The number of aromatic nitrogens is 1. The molecule has 1 heterocycles. The zero-order valence-corrected chi connectivity index (χ0v) is 11.3. The fourth-order valence-corrected chi connectivity index (χ4v) is 1.63. The van der Waals surface area contributed by atoms with E-state index in [9.17, 15) is 9.59 Å². The molecule has 6 nitrogen and oxygen atoms in total. The lowest BCUT2D eigenvalue weighted by molar-refractivity contribution is 0.0600. The van der Waals surface area contributed by atoms with Gasteiger partial charge in [-0.25, -0.2) is 10.2 Å². The highest BCUT2D eigenvalue weighted by Crippen LogP contribution is 2.07. The van der Waals surface area contributed by atoms with E-state index in [1.165, 1.54) is 25.7 Å². The molecule has 1 N–H and O–H groups in total. The van der Waals surface area contributed by atoms with Crippen LogP contribution in [-0.4, -0.2) is 30.2 Å². The van der Waals surface area contributed by atoms with E-state index in [0.717, 1.165) is 0 Å². The summed E-state index contributed by atoms with van der Waals surface area (Å²) >= 11 is 0. The van der Waals surface area contributed by atoms with Crippen LogP contribution in [0.5, 0.6) is 0 Å². The summed E-state index contributed by atoms with van der Waals surface area (Å²) < 4.78 is 4.68. The third kappa shape index (κ3) is 3.73. The minimum absolute atomic E-state index is 0.357. The molecule has 0 saturated heterocycles. The summed E-state index contributed by atoms with van der Waals surface area (Å²) in [6.45, 7) is 0. The van der Waals surface area contributed by atoms with Gasteiger partial charge in [0, 0.05) is 23.5 Å². The first-order valence-corrected chi connectivity index (χ1v) is 6.13. The highest BCUT2D eigenvalue weighted by atomic mass is 16.5. The maximum Gasteiger partial charge on any atom is 0.338 e. The van der Waals surface area contributed by atoms with Gasteiger partial charge >= 0.3 is 5.97 Å². The quantitative estimate of drug-likeness (QED) is 0.525. The number of hydrogen-bond donors (Lipinski definition) is 1. The number of hydrazone groups is 1. The van der Waals surface area contributed by atoms with Crippen molar-refractivity contribution in [2.75, 3.05) is 7.11 Å². The molecule has 106 valence electrons. The number of hydrogen-bond acceptors (Lipinski definition) is 5. The van der Waals surface area contributed by atoms with Crippen molar-refractivity contribution in [2.45, 2.75) is 0 Å². The molecule has 0 fully saturated rings. The number of rotatable bonds is 4. The Morgan fingerprint density at radius 1 is 1.19 bits per heavy atom. The first-order valence-electron chi connectivity index (χ1n) is 6.13. The van der Waals surface area contributed by atoms with Gasteiger partial charge in [-0.2, -0.15) is 5.10 Å². The standard InChI is InChI=1S/C15H13N3O3/c1-21-15(20)13-5-3-2-4-12(13)10-17-18-14(19)11-6-8-16-9-7-11/h2-10H,1H3,(H,18,19)/b17-10-. The molecule has 1 aromatic carbocycles. The van der Waals surface area contributed by atoms with Gasteiger partial charge in [-0.3, -0.25) is 9.78 Å². The molecule has 2 aromatic rings. The Bertz CT molecular complexity index is 669. The van der Waals surface area contributed by atoms with Crippen LogP contribution in [0, 0.1) is 0 Å². The van der Waals surface area contributed by atoms with E-state index in [2.05, 4.69) is 20.2 Å². The highest BCUT2D eigenvalue weighted by Gasteiger charge is 2.09. The number of methoxy groups -OCH3 is 1. The van der Waals surface area contributed by atoms with E-state index in [4.69, 9.17) is 0 Å². The van der Waals surface area contributed by atoms with E-state index in [-0.39, 0.29) is 5.91 Å². The molecule has 0 aliphatic carbocycles. The summed E-state index contributed by atoms with van der Waals surface area (Å²) in [7, 11) is 1.31. The Hall–Kier alpha value is -3.02. The lowest BCUT2D eigenvalue weighted by atomic mass is 10.1. The third-order valence-electron chi connectivity index (χ3n) is 2.68. The molecular weight excluding hydrogens is 270 g/mol. The van der Waals surface area contributed by atoms with E-state index < -0.39 is 5.97 Å². The number of ether oxygens (including phenoxy) is 1. The summed E-state index contributed by atoms with van der Waals surface area (Å²) in [6, 6.07) is 9.96. The van der Waals surface area contributed by atoms with Crippen molar-refractivity contribution in [1.82, 2.24) is 10.4 Å². The average molecular weight is 283 g/mol. The second-order valence-electron chi connectivity index (χ2n) is 4.01. The van der Waals surface area contributed by atoms with Crippen LogP contribution in [0.15, 0.2) is 53.9 Å². The van der Waals surface area contributed by atoms with Crippen LogP contribution in [-0.2, 0) is 4.74 Å². The van der Waals surface area contributed by atoms with E-state index in [0.29, 0.717) is 16.7 Å². The van der Waals surface area contributed by atoms with Crippen LogP contribution in [0.1, 0.15) is 26.3 Å². The monoisotopic (exact) mass is 283 g/mol. The van der Waals surface area contributed by atoms with Gasteiger partial charge in [0.15, 0.2) is 0 Å². The van der Waals surface area contributed by atoms with Gasteiger partial charge in [0.25, 0.3) is 5.91 Å². The maximum atomic E-state index is 11.8. The van der Waals surface area contributed by atoms with Gasteiger partial charge in [0.2, 0.25) is 0 Å². The fourth-order valence-electron chi connectivity index (χ4n) is 1.63. The molecule has 0 atom stereocenters. The Balaban J connectivity index is 2.09. The predicted octanol–water partition coefficient (Wildman–Crippen LogP) is 1.63. The number of carbonyl (C=O) groups excluding carboxylic acids is 2. The van der Waals surface area contributed by atoms with Gasteiger partial charge < -0.3 is 4.74 Å². The molecule has 0 unspecified atom stereocenters. The zero-order valence-electron chi connectivity index (χ0n) is 11.3. The highest BCUT2D eigenvalue weighted by molar-refractivity contribution is 6.00. The summed E-state index contributed by atoms with van der Waals surface area (Å²) in [4.78, 5) is 27.2. The van der Waals surface area contributed by atoms with Gasteiger partial charge in [-0.05, 0) is 18.2 Å². The maximum absolute atomic E-state index is 11.8. The lowest BCUT2D eigenvalue weighted by Gasteiger charge is -2.03. The van der Waals surface area contributed by atoms with E-state index in [1.807, 2.05) is 0 Å². The first-order chi connectivity index (χ1) is 10.2. The van der Waals surface area contributed by atoms with Crippen LogP contribution >= 0.6 is 0 Å². The SMILES string of the molecule is COC(=O)c1ccccc1/C=N\NC(=O)c1ccncc1. The Labute approximate surface area is 121 Å². The molecule has 0 aliphatic rings. The van der Waals surface area contributed by atoms with Crippen molar-refractivity contribution in [3.63, 3.8) is 0 Å². The Kier molecular flexibility index (Phi) is 4.76. The second kappa shape index (κ2) is 6.95. The number of pyridine rings is 1. The van der Waals surface area contributed by atoms with Gasteiger partial charge in [-0.15, -0.1) is 0 Å². The predicted molar refractivity (Wildman–Crippen MR) is 77.1 cm³/mol. The summed E-state index contributed by atoms with van der Waals surface area (Å²) in [5.41, 5.74) is 3.76. The number of esters is 1. The van der Waals surface area contributed by atoms with Crippen molar-refractivity contribution in [1.29, 1.82) is 0 Å². The first kappa shape index (κ1) is 14.4. The average Bonchev–Trinajstić information content (AvgIpc) is 2.55. The van der Waals surface area contributed by atoms with E-state index >= 15 is 0 Å². The number of nitrogens with zero attached hydrogens (tertiary/aromatic N) is 2. The number of benzene rings is 1. The molecular formula is C15H13N3O3. The minimum atomic E-state index is -0.461. The van der Waals surface area contributed by atoms with Crippen LogP contribution < -0.4 is 5.43 Å². The minimum Gasteiger partial charge on any atom is -0.465 e. The number of carbonyl (C=O) groups is 2. The Morgan fingerprint density at radius 2 is 1.90 bits per heavy atom. The number of nitrogens with one attached hydrogen (secondary N) is 1.